The number of rotatable bonds is 0. The predicted octanol–water partition coefficient (Wildman–Crippen LogP) is 4.73. The molecule has 0 heterocycles. The van der Waals surface area contributed by atoms with Gasteiger partial charge in [0.25, 0.3) is 0 Å². The minimum absolute atomic E-state index is 0. The molecule has 5 heteroatoms. The molecule has 1 rings (SSSR count). The molecule has 2 N–H and O–H groups in total. The van der Waals surface area contributed by atoms with E-state index in [1.807, 2.05) is 0 Å². The SMILES string of the molecule is CC1=[C-]C(C)C(C)=C1C.C[C-](C)C.[NH-]C=O.[NH-]C=O.[Ti+4]. The minimum atomic E-state index is 0. The van der Waals surface area contributed by atoms with E-state index < -0.39 is 0 Å². The maximum Gasteiger partial charge on any atom is 4.00 e. The number of hydrogen-bond donors (Lipinski definition) is 0. The second-order valence-electron chi connectivity index (χ2n) is 4.53. The summed E-state index contributed by atoms with van der Waals surface area (Å²) in [6.07, 6.45) is 3.36. The average molecular weight is 314 g/mol. The first-order valence-corrected chi connectivity index (χ1v) is 5.95. The summed E-state index contributed by atoms with van der Waals surface area (Å²) < 4.78 is 0. The summed E-state index contributed by atoms with van der Waals surface area (Å²) in [4.78, 5) is 16.9. The third kappa shape index (κ3) is 19.5. The molecule has 1 aliphatic carbocycles. The summed E-state index contributed by atoms with van der Waals surface area (Å²) in [6, 6.07) is 0. The van der Waals surface area contributed by atoms with E-state index in [1.165, 1.54) is 22.6 Å². The van der Waals surface area contributed by atoms with Crippen LogP contribution in [0.2, 0.25) is 0 Å². The van der Waals surface area contributed by atoms with Crippen molar-refractivity contribution in [2.45, 2.75) is 48.5 Å². The molecule has 0 fully saturated rings. The third-order valence-electron chi connectivity index (χ3n) is 2.24. The fourth-order valence-electron chi connectivity index (χ4n) is 1.16. The van der Waals surface area contributed by atoms with E-state index in [1.54, 1.807) is 0 Å². The molecule has 4 nitrogen and oxygen atoms in total. The standard InChI is InChI=1S/C9H13.C4H9.2CH3NO.Ti/c1-6-5-7(2)9(4)8(6)3;1-4(2)3;2*2-1-3;/h6H,1-4H3;1-3H3;2*1H,(H2,2,3);/q2*-1;;;+4/p-2. The van der Waals surface area contributed by atoms with Crippen molar-refractivity contribution in [3.8, 4) is 0 Å². The van der Waals surface area contributed by atoms with Gasteiger partial charge in [-0.15, -0.1) is 6.92 Å². The van der Waals surface area contributed by atoms with Gasteiger partial charge in [-0.05, 0) is 0 Å². The van der Waals surface area contributed by atoms with Crippen molar-refractivity contribution in [2.24, 2.45) is 5.92 Å². The molecule has 20 heavy (non-hydrogen) atoms. The second kappa shape index (κ2) is 18.1. The minimum Gasteiger partial charge on any atom is -0.671 e. The molecule has 112 valence electrons. The van der Waals surface area contributed by atoms with Crippen LogP contribution < -0.4 is 0 Å². The summed E-state index contributed by atoms with van der Waals surface area (Å²) in [5, 5.41) is 0. The molecular weight excluding hydrogens is 288 g/mol. The molecule has 0 aliphatic heterocycles. The van der Waals surface area contributed by atoms with Gasteiger partial charge in [-0.3, -0.25) is 6.08 Å². The molecular formula is C15H26N2O2Ti. The summed E-state index contributed by atoms with van der Waals surface area (Å²) in [7, 11) is 0. The summed E-state index contributed by atoms with van der Waals surface area (Å²) in [6.45, 7) is 14.9. The van der Waals surface area contributed by atoms with Gasteiger partial charge < -0.3 is 27.0 Å². The quantitative estimate of drug-likeness (QED) is 0.368. The Balaban J connectivity index is -0.0000000993. The molecule has 0 radical (unpaired) electrons. The topological polar surface area (TPSA) is 81.7 Å². The van der Waals surface area contributed by atoms with Crippen LogP contribution in [0.15, 0.2) is 16.7 Å². The van der Waals surface area contributed by atoms with Crippen molar-refractivity contribution in [1.29, 1.82) is 0 Å². The fraction of sp³-hybridized carbons (Fsp3) is 0.533. The van der Waals surface area contributed by atoms with Gasteiger partial charge in [0.15, 0.2) is 0 Å². The summed E-state index contributed by atoms with van der Waals surface area (Å²) in [5.74, 6) is 1.98. The zero-order valence-corrected chi connectivity index (χ0v) is 15.1. The molecule has 0 bridgehead atoms. The van der Waals surface area contributed by atoms with Crippen molar-refractivity contribution in [2.75, 3.05) is 0 Å². The van der Waals surface area contributed by atoms with Crippen molar-refractivity contribution in [1.82, 2.24) is 0 Å². The molecule has 0 aromatic heterocycles. The van der Waals surface area contributed by atoms with Gasteiger partial charge in [-0.25, -0.2) is 5.57 Å². The van der Waals surface area contributed by atoms with Crippen molar-refractivity contribution in [3.63, 3.8) is 0 Å². The van der Waals surface area contributed by atoms with Gasteiger partial charge in [0.1, 0.15) is 0 Å². The zero-order valence-electron chi connectivity index (χ0n) is 13.5. The van der Waals surface area contributed by atoms with Crippen LogP contribution in [-0.2, 0) is 31.3 Å². The first-order chi connectivity index (χ1) is 8.69. The molecule has 0 saturated carbocycles. The number of amides is 2. The van der Waals surface area contributed by atoms with Gasteiger partial charge in [-0.2, -0.15) is 31.9 Å². The Bertz CT molecular complexity index is 302. The van der Waals surface area contributed by atoms with E-state index in [4.69, 9.17) is 21.1 Å². The zero-order chi connectivity index (χ0) is 16.0. The van der Waals surface area contributed by atoms with Crippen LogP contribution in [0.1, 0.15) is 48.5 Å². The number of hydrogen-bond acceptors (Lipinski definition) is 2. The number of allylic oxidation sites excluding steroid dienone is 4. The largest absolute Gasteiger partial charge is 4.00 e. The van der Waals surface area contributed by atoms with Crippen LogP contribution in [0.5, 0.6) is 0 Å². The molecule has 1 atom stereocenters. The molecule has 0 saturated heterocycles. The maximum atomic E-state index is 8.47. The smallest absolute Gasteiger partial charge is 0.671 e. The number of carbonyl (C=O) groups excluding carboxylic acids is 2. The molecule has 1 unspecified atom stereocenters. The van der Waals surface area contributed by atoms with E-state index in [0.29, 0.717) is 5.92 Å². The Hall–Kier alpha value is -0.866. The third-order valence-corrected chi connectivity index (χ3v) is 2.24. The van der Waals surface area contributed by atoms with E-state index >= 15 is 0 Å². The van der Waals surface area contributed by atoms with Crippen molar-refractivity contribution in [3.05, 3.63) is 40.2 Å². The van der Waals surface area contributed by atoms with Crippen LogP contribution in [0.4, 0.5) is 0 Å². The van der Waals surface area contributed by atoms with E-state index in [2.05, 4.69) is 54.5 Å². The Labute approximate surface area is 138 Å². The fourth-order valence-corrected chi connectivity index (χ4v) is 1.16. The first-order valence-electron chi connectivity index (χ1n) is 5.95. The normalized spacial score (nSPS) is 15.2. The van der Waals surface area contributed by atoms with Gasteiger partial charge >= 0.3 is 21.7 Å². The Morgan fingerprint density at radius 3 is 1.35 bits per heavy atom. The van der Waals surface area contributed by atoms with Gasteiger partial charge in [0.2, 0.25) is 0 Å². The molecule has 0 aromatic rings. The Morgan fingerprint density at radius 2 is 1.30 bits per heavy atom. The molecule has 2 amide bonds. The number of nitrogens with one attached hydrogen (secondary N) is 2. The van der Waals surface area contributed by atoms with Crippen molar-refractivity contribution < 1.29 is 31.3 Å². The van der Waals surface area contributed by atoms with E-state index in [0.717, 1.165) is 0 Å². The summed E-state index contributed by atoms with van der Waals surface area (Å²) in [5.41, 5.74) is 15.3. The van der Waals surface area contributed by atoms with Crippen LogP contribution in [0.3, 0.4) is 0 Å². The van der Waals surface area contributed by atoms with Gasteiger partial charge in [0.05, 0.1) is 0 Å². The predicted molar refractivity (Wildman–Crippen MR) is 81.0 cm³/mol. The van der Waals surface area contributed by atoms with E-state index in [9.17, 15) is 0 Å². The Morgan fingerprint density at radius 1 is 1.05 bits per heavy atom. The monoisotopic (exact) mass is 314 g/mol. The maximum absolute atomic E-state index is 8.47. The van der Waals surface area contributed by atoms with E-state index in [-0.39, 0.29) is 34.5 Å². The first kappa shape index (κ1) is 27.5. The van der Waals surface area contributed by atoms with Gasteiger partial charge in [0, 0.05) is 12.8 Å². The summed E-state index contributed by atoms with van der Waals surface area (Å²) >= 11 is 0. The van der Waals surface area contributed by atoms with Crippen LogP contribution in [-0.4, -0.2) is 12.8 Å². The van der Waals surface area contributed by atoms with Crippen molar-refractivity contribution >= 4 is 12.8 Å². The molecule has 1 aliphatic rings. The number of carbonyl (C=O) groups is 2. The van der Waals surface area contributed by atoms with Crippen LogP contribution >= 0.6 is 0 Å². The van der Waals surface area contributed by atoms with Crippen LogP contribution in [0, 0.1) is 17.9 Å². The molecule has 0 spiro atoms. The Kier molecular flexibility index (Phi) is 24.9. The second-order valence-corrected chi connectivity index (χ2v) is 4.53. The average Bonchev–Trinajstić information content (AvgIpc) is 2.47. The molecule has 0 aromatic carbocycles. The van der Waals surface area contributed by atoms with Gasteiger partial charge in [-0.1, -0.05) is 26.7 Å². The van der Waals surface area contributed by atoms with Crippen LogP contribution in [0.25, 0.3) is 11.5 Å².